The summed E-state index contributed by atoms with van der Waals surface area (Å²) in [5.74, 6) is 0. The highest BCUT2D eigenvalue weighted by molar-refractivity contribution is 4.88. The van der Waals surface area contributed by atoms with E-state index in [1.54, 1.807) is 0 Å². The summed E-state index contributed by atoms with van der Waals surface area (Å²) in [6, 6.07) is 0.702. The van der Waals surface area contributed by atoms with Gasteiger partial charge in [-0.1, -0.05) is 26.0 Å². The molecule has 0 aromatic heterocycles. The third-order valence-corrected chi connectivity index (χ3v) is 3.00. The Balaban J connectivity index is 1.99. The van der Waals surface area contributed by atoms with Crippen molar-refractivity contribution >= 4 is 0 Å². The van der Waals surface area contributed by atoms with Gasteiger partial charge in [0.25, 0.3) is 0 Å². The smallest absolute Gasteiger partial charge is 0.0672 e. The Morgan fingerprint density at radius 2 is 2.27 bits per heavy atom. The van der Waals surface area contributed by atoms with E-state index < -0.39 is 0 Å². The van der Waals surface area contributed by atoms with Gasteiger partial charge in [-0.25, -0.2) is 0 Å². The molecule has 2 nitrogen and oxygen atoms in total. The highest BCUT2D eigenvalue weighted by Gasteiger charge is 2.30. The molecule has 0 saturated heterocycles. The van der Waals surface area contributed by atoms with Gasteiger partial charge in [0.05, 0.1) is 13.2 Å². The molecule has 1 aliphatic rings. The van der Waals surface area contributed by atoms with Gasteiger partial charge in [0.15, 0.2) is 0 Å². The molecule has 0 aromatic rings. The SMILES string of the molecule is C=C(C)COCCNC1CCC(C)(C)C1. The minimum Gasteiger partial charge on any atom is -0.376 e. The van der Waals surface area contributed by atoms with Crippen LogP contribution in [0, 0.1) is 5.41 Å². The van der Waals surface area contributed by atoms with Crippen LogP contribution in [0.15, 0.2) is 12.2 Å². The maximum Gasteiger partial charge on any atom is 0.0672 e. The molecule has 1 unspecified atom stereocenters. The first-order valence-electron chi connectivity index (χ1n) is 5.95. The molecule has 15 heavy (non-hydrogen) atoms. The van der Waals surface area contributed by atoms with Crippen molar-refractivity contribution in [1.29, 1.82) is 0 Å². The molecule has 1 saturated carbocycles. The van der Waals surface area contributed by atoms with Crippen LogP contribution in [-0.2, 0) is 4.74 Å². The third-order valence-electron chi connectivity index (χ3n) is 3.00. The van der Waals surface area contributed by atoms with E-state index in [2.05, 4.69) is 25.7 Å². The van der Waals surface area contributed by atoms with Crippen molar-refractivity contribution in [3.63, 3.8) is 0 Å². The van der Waals surface area contributed by atoms with Crippen LogP contribution in [-0.4, -0.2) is 25.8 Å². The van der Waals surface area contributed by atoms with Gasteiger partial charge in [-0.2, -0.15) is 0 Å². The molecule has 1 N–H and O–H groups in total. The van der Waals surface area contributed by atoms with E-state index in [-0.39, 0.29) is 0 Å². The lowest BCUT2D eigenvalue weighted by molar-refractivity contribution is 0.155. The second kappa shape index (κ2) is 5.66. The first-order chi connectivity index (χ1) is 6.99. The van der Waals surface area contributed by atoms with Crippen molar-refractivity contribution in [3.8, 4) is 0 Å². The second-order valence-electron chi connectivity index (χ2n) is 5.57. The van der Waals surface area contributed by atoms with Gasteiger partial charge in [0, 0.05) is 12.6 Å². The summed E-state index contributed by atoms with van der Waals surface area (Å²) >= 11 is 0. The molecule has 0 aliphatic heterocycles. The minimum atomic E-state index is 0.538. The van der Waals surface area contributed by atoms with E-state index in [0.29, 0.717) is 18.1 Å². The highest BCUT2D eigenvalue weighted by atomic mass is 16.5. The maximum absolute atomic E-state index is 5.44. The van der Waals surface area contributed by atoms with Crippen LogP contribution in [0.3, 0.4) is 0 Å². The van der Waals surface area contributed by atoms with E-state index >= 15 is 0 Å². The van der Waals surface area contributed by atoms with Crippen molar-refractivity contribution in [2.75, 3.05) is 19.8 Å². The monoisotopic (exact) mass is 211 g/mol. The van der Waals surface area contributed by atoms with Gasteiger partial charge in [0.2, 0.25) is 0 Å². The summed E-state index contributed by atoms with van der Waals surface area (Å²) in [5.41, 5.74) is 1.63. The van der Waals surface area contributed by atoms with Crippen LogP contribution in [0.25, 0.3) is 0 Å². The van der Waals surface area contributed by atoms with Gasteiger partial charge in [0.1, 0.15) is 0 Å². The quantitative estimate of drug-likeness (QED) is 0.539. The molecule has 2 heteroatoms. The lowest BCUT2D eigenvalue weighted by atomic mass is 9.92. The molecule has 1 aliphatic carbocycles. The van der Waals surface area contributed by atoms with E-state index in [4.69, 9.17) is 4.74 Å². The van der Waals surface area contributed by atoms with Gasteiger partial charge in [-0.15, -0.1) is 0 Å². The Morgan fingerprint density at radius 3 is 2.80 bits per heavy atom. The normalized spacial score (nSPS) is 24.3. The third kappa shape index (κ3) is 5.33. The summed E-state index contributed by atoms with van der Waals surface area (Å²) in [6.07, 6.45) is 3.96. The largest absolute Gasteiger partial charge is 0.376 e. The summed E-state index contributed by atoms with van der Waals surface area (Å²) in [5, 5.41) is 3.56. The first-order valence-corrected chi connectivity index (χ1v) is 5.95. The molecular formula is C13H25NO. The zero-order valence-electron chi connectivity index (χ0n) is 10.4. The summed E-state index contributed by atoms with van der Waals surface area (Å²) < 4.78 is 5.44. The molecule has 1 atom stereocenters. The van der Waals surface area contributed by atoms with Gasteiger partial charge >= 0.3 is 0 Å². The Labute approximate surface area is 94.1 Å². The molecule has 88 valence electrons. The molecule has 0 amide bonds. The zero-order valence-corrected chi connectivity index (χ0v) is 10.4. The predicted molar refractivity (Wildman–Crippen MR) is 65.1 cm³/mol. The summed E-state index contributed by atoms with van der Waals surface area (Å²) in [6.45, 7) is 13.0. The van der Waals surface area contributed by atoms with E-state index in [1.807, 2.05) is 6.92 Å². The summed E-state index contributed by atoms with van der Waals surface area (Å²) in [7, 11) is 0. The maximum atomic E-state index is 5.44. The highest BCUT2D eigenvalue weighted by Crippen LogP contribution is 2.36. The van der Waals surface area contributed by atoms with Crippen LogP contribution in [0.5, 0.6) is 0 Å². The molecular weight excluding hydrogens is 186 g/mol. The number of hydrogen-bond donors (Lipinski definition) is 1. The fraction of sp³-hybridized carbons (Fsp3) is 0.846. The van der Waals surface area contributed by atoms with E-state index in [1.165, 1.54) is 19.3 Å². The average Bonchev–Trinajstić information content (AvgIpc) is 2.44. The number of rotatable bonds is 6. The van der Waals surface area contributed by atoms with E-state index in [9.17, 15) is 0 Å². The van der Waals surface area contributed by atoms with Crippen LogP contribution < -0.4 is 5.32 Å². The van der Waals surface area contributed by atoms with Crippen molar-refractivity contribution in [2.24, 2.45) is 5.41 Å². The standard InChI is InChI=1S/C13H25NO/c1-11(2)10-15-8-7-14-12-5-6-13(3,4)9-12/h12,14H,1,5-10H2,2-4H3. The van der Waals surface area contributed by atoms with Gasteiger partial charge in [-0.05, 0) is 31.6 Å². The second-order valence-corrected chi connectivity index (χ2v) is 5.57. The Bertz CT molecular complexity index is 211. The van der Waals surface area contributed by atoms with E-state index in [0.717, 1.165) is 18.7 Å². The molecule has 1 fully saturated rings. The van der Waals surface area contributed by atoms with Crippen LogP contribution in [0.2, 0.25) is 0 Å². The van der Waals surface area contributed by atoms with Crippen LogP contribution in [0.1, 0.15) is 40.0 Å². The topological polar surface area (TPSA) is 21.3 Å². The summed E-state index contributed by atoms with van der Waals surface area (Å²) in [4.78, 5) is 0. The number of hydrogen-bond acceptors (Lipinski definition) is 2. The Kier molecular flexibility index (Phi) is 4.81. The predicted octanol–water partition coefficient (Wildman–Crippen LogP) is 2.75. The molecule has 0 bridgehead atoms. The number of ether oxygens (including phenoxy) is 1. The van der Waals surface area contributed by atoms with Crippen molar-refractivity contribution in [2.45, 2.75) is 46.1 Å². The lowest BCUT2D eigenvalue weighted by Gasteiger charge is -2.17. The number of nitrogens with one attached hydrogen (secondary N) is 1. The molecule has 0 radical (unpaired) electrons. The van der Waals surface area contributed by atoms with Crippen LogP contribution in [0.4, 0.5) is 0 Å². The van der Waals surface area contributed by atoms with Gasteiger partial charge in [-0.3, -0.25) is 0 Å². The zero-order chi connectivity index (χ0) is 11.3. The molecule has 1 rings (SSSR count). The molecule has 0 aromatic carbocycles. The lowest BCUT2D eigenvalue weighted by Crippen LogP contribution is -2.30. The van der Waals surface area contributed by atoms with Gasteiger partial charge < -0.3 is 10.1 Å². The van der Waals surface area contributed by atoms with Crippen molar-refractivity contribution in [3.05, 3.63) is 12.2 Å². The average molecular weight is 211 g/mol. The van der Waals surface area contributed by atoms with Crippen LogP contribution >= 0.6 is 0 Å². The van der Waals surface area contributed by atoms with Crippen molar-refractivity contribution in [1.82, 2.24) is 5.32 Å². The van der Waals surface area contributed by atoms with Crippen molar-refractivity contribution < 1.29 is 4.74 Å². The Hall–Kier alpha value is -0.340. The fourth-order valence-electron chi connectivity index (χ4n) is 2.19. The molecule has 0 spiro atoms. The molecule has 0 heterocycles. The first kappa shape index (κ1) is 12.7. The fourth-order valence-corrected chi connectivity index (χ4v) is 2.19. The Morgan fingerprint density at radius 1 is 1.53 bits per heavy atom. The minimum absolute atomic E-state index is 0.538.